The summed E-state index contributed by atoms with van der Waals surface area (Å²) in [4.78, 5) is 21.7. The van der Waals surface area contributed by atoms with Crippen molar-refractivity contribution in [2.45, 2.75) is 32.2 Å². The van der Waals surface area contributed by atoms with E-state index in [2.05, 4.69) is 20.2 Å². The quantitative estimate of drug-likeness (QED) is 0.858. The molecule has 3 heterocycles. The first-order chi connectivity index (χ1) is 11.6. The molecule has 0 bridgehead atoms. The number of halogens is 2. The van der Waals surface area contributed by atoms with Crippen LogP contribution in [0.1, 0.15) is 41.7 Å². The zero-order chi connectivity index (χ0) is 16.9. The molecular weight excluding hydrogens is 347 g/mol. The lowest BCUT2D eigenvalue weighted by molar-refractivity contribution is 0.0946. The van der Waals surface area contributed by atoms with Gasteiger partial charge in [-0.15, -0.1) is 0 Å². The summed E-state index contributed by atoms with van der Waals surface area (Å²) in [7, 11) is 0. The van der Waals surface area contributed by atoms with Crippen LogP contribution in [0.5, 0.6) is 0 Å². The van der Waals surface area contributed by atoms with Gasteiger partial charge in [-0.05, 0) is 30.5 Å². The lowest BCUT2D eigenvalue weighted by Crippen LogP contribution is -2.25. The molecule has 7 heteroatoms. The maximum Gasteiger partial charge on any atom is 0.268 e. The molecule has 2 aromatic rings. The van der Waals surface area contributed by atoms with Gasteiger partial charge in [-0.25, -0.2) is 4.98 Å². The van der Waals surface area contributed by atoms with Gasteiger partial charge in [-0.2, -0.15) is 0 Å². The van der Waals surface area contributed by atoms with Crippen molar-refractivity contribution >= 4 is 34.9 Å². The number of pyridine rings is 1. The molecule has 1 aliphatic rings. The summed E-state index contributed by atoms with van der Waals surface area (Å²) >= 11 is 11.6. The predicted octanol–water partition coefficient (Wildman–Crippen LogP) is 4.03. The molecular formula is C17H20Cl2N4O. The summed E-state index contributed by atoms with van der Waals surface area (Å²) in [5.74, 6) is 0.760. The fourth-order valence-corrected chi connectivity index (χ4v) is 3.12. The highest BCUT2D eigenvalue weighted by Crippen LogP contribution is 2.22. The number of rotatable bonds is 4. The van der Waals surface area contributed by atoms with E-state index in [0.29, 0.717) is 17.3 Å². The largest absolute Gasteiger partial charge is 0.357 e. The van der Waals surface area contributed by atoms with Crippen LogP contribution >= 0.6 is 23.2 Å². The second-order valence-corrected chi connectivity index (χ2v) is 6.74. The normalized spacial score (nSPS) is 15.2. The number of nitrogens with zero attached hydrogens (tertiary/aromatic N) is 2. The Balaban J connectivity index is 1.56. The van der Waals surface area contributed by atoms with Crippen molar-refractivity contribution < 1.29 is 4.79 Å². The average molecular weight is 367 g/mol. The van der Waals surface area contributed by atoms with Gasteiger partial charge in [-0.1, -0.05) is 42.1 Å². The molecule has 1 amide bonds. The Hall–Kier alpha value is -1.72. The number of aromatic amines is 1. The number of amides is 1. The minimum atomic E-state index is -0.250. The molecule has 1 fully saturated rings. The van der Waals surface area contributed by atoms with E-state index < -0.39 is 0 Å². The van der Waals surface area contributed by atoms with Crippen molar-refractivity contribution in [1.82, 2.24) is 15.3 Å². The minimum Gasteiger partial charge on any atom is -0.357 e. The zero-order valence-electron chi connectivity index (χ0n) is 13.3. The Bertz CT molecular complexity index is 672. The van der Waals surface area contributed by atoms with Crippen molar-refractivity contribution in [3.8, 4) is 0 Å². The zero-order valence-corrected chi connectivity index (χ0v) is 14.8. The third-order valence-corrected chi connectivity index (χ3v) is 4.85. The number of nitrogens with one attached hydrogen (secondary N) is 2. The van der Waals surface area contributed by atoms with Crippen LogP contribution in [0.2, 0.25) is 10.2 Å². The number of carbonyl (C=O) groups is 1. The van der Waals surface area contributed by atoms with Crippen LogP contribution in [0.3, 0.4) is 0 Å². The van der Waals surface area contributed by atoms with E-state index in [-0.39, 0.29) is 11.1 Å². The van der Waals surface area contributed by atoms with Crippen LogP contribution in [-0.2, 0) is 6.54 Å². The lowest BCUT2D eigenvalue weighted by atomic mass is 10.2. The molecule has 128 valence electrons. The number of carbonyl (C=O) groups excluding carboxylic acids is 1. The van der Waals surface area contributed by atoms with Crippen LogP contribution in [0.15, 0.2) is 24.4 Å². The van der Waals surface area contributed by atoms with E-state index in [0.717, 1.165) is 24.5 Å². The van der Waals surface area contributed by atoms with Crippen molar-refractivity contribution in [1.29, 1.82) is 0 Å². The smallest absolute Gasteiger partial charge is 0.268 e. The van der Waals surface area contributed by atoms with Gasteiger partial charge in [0, 0.05) is 25.8 Å². The van der Waals surface area contributed by atoms with Crippen LogP contribution in [0, 0.1) is 0 Å². The summed E-state index contributed by atoms with van der Waals surface area (Å²) in [6.45, 7) is 2.54. The van der Waals surface area contributed by atoms with Crippen molar-refractivity contribution in [3.05, 3.63) is 45.8 Å². The van der Waals surface area contributed by atoms with E-state index >= 15 is 0 Å². The first-order valence-electron chi connectivity index (χ1n) is 8.15. The van der Waals surface area contributed by atoms with Gasteiger partial charge in [0.05, 0.1) is 5.02 Å². The fourth-order valence-electron chi connectivity index (χ4n) is 2.81. The molecule has 1 aliphatic heterocycles. The highest BCUT2D eigenvalue weighted by molar-refractivity contribution is 6.41. The van der Waals surface area contributed by atoms with Crippen LogP contribution in [0.4, 0.5) is 5.82 Å². The van der Waals surface area contributed by atoms with E-state index in [9.17, 15) is 4.79 Å². The lowest BCUT2D eigenvalue weighted by Gasteiger charge is -2.21. The number of aromatic nitrogens is 2. The second kappa shape index (κ2) is 7.90. The van der Waals surface area contributed by atoms with Gasteiger partial charge < -0.3 is 15.2 Å². The summed E-state index contributed by atoms with van der Waals surface area (Å²) in [6.07, 6.45) is 6.86. The molecule has 0 atom stereocenters. The van der Waals surface area contributed by atoms with Gasteiger partial charge in [0.25, 0.3) is 5.91 Å². The Morgan fingerprint density at radius 3 is 2.54 bits per heavy atom. The molecule has 0 aliphatic carbocycles. The molecule has 2 N–H and O–H groups in total. The number of hydrogen-bond donors (Lipinski definition) is 2. The average Bonchev–Trinajstić information content (AvgIpc) is 2.81. The summed E-state index contributed by atoms with van der Waals surface area (Å²) in [5, 5.41) is 3.43. The van der Waals surface area contributed by atoms with Crippen LogP contribution in [0.25, 0.3) is 0 Å². The predicted molar refractivity (Wildman–Crippen MR) is 96.9 cm³/mol. The molecule has 0 radical (unpaired) electrons. The van der Waals surface area contributed by atoms with Gasteiger partial charge in [-0.3, -0.25) is 4.79 Å². The monoisotopic (exact) mass is 366 g/mol. The first kappa shape index (κ1) is 17.1. The number of hydrogen-bond acceptors (Lipinski definition) is 3. The molecule has 3 rings (SSSR count). The molecule has 0 unspecified atom stereocenters. The Morgan fingerprint density at radius 1 is 1.21 bits per heavy atom. The molecule has 5 nitrogen and oxygen atoms in total. The van der Waals surface area contributed by atoms with E-state index in [1.54, 1.807) is 0 Å². The van der Waals surface area contributed by atoms with E-state index in [1.807, 2.05) is 18.3 Å². The topological polar surface area (TPSA) is 61.0 Å². The van der Waals surface area contributed by atoms with Crippen LogP contribution < -0.4 is 10.2 Å². The fraction of sp³-hybridized carbons (Fsp3) is 0.412. The SMILES string of the molecule is O=C(NCc1ccc(N2CCCCCC2)nc1)c1cc(Cl)c(Cl)[nH]1. The van der Waals surface area contributed by atoms with Gasteiger partial charge in [0.2, 0.25) is 0 Å². The molecule has 0 saturated carbocycles. The highest BCUT2D eigenvalue weighted by Gasteiger charge is 2.13. The van der Waals surface area contributed by atoms with E-state index in [4.69, 9.17) is 23.2 Å². The highest BCUT2D eigenvalue weighted by atomic mass is 35.5. The summed E-state index contributed by atoms with van der Waals surface area (Å²) < 4.78 is 0. The second-order valence-electron chi connectivity index (χ2n) is 5.95. The third kappa shape index (κ3) is 4.22. The van der Waals surface area contributed by atoms with Crippen molar-refractivity contribution in [2.75, 3.05) is 18.0 Å². The van der Waals surface area contributed by atoms with Crippen molar-refractivity contribution in [2.24, 2.45) is 0 Å². The van der Waals surface area contributed by atoms with Crippen molar-refractivity contribution in [3.63, 3.8) is 0 Å². The van der Waals surface area contributed by atoms with Crippen LogP contribution in [-0.4, -0.2) is 29.0 Å². The minimum absolute atomic E-state index is 0.250. The molecule has 1 saturated heterocycles. The first-order valence-corrected chi connectivity index (χ1v) is 8.91. The summed E-state index contributed by atoms with van der Waals surface area (Å²) in [6, 6.07) is 5.54. The third-order valence-electron chi connectivity index (χ3n) is 4.16. The van der Waals surface area contributed by atoms with Gasteiger partial charge in [0.1, 0.15) is 16.7 Å². The maximum atomic E-state index is 12.0. The standard InChI is InChI=1S/C17H20Cl2N4O/c18-13-9-14(22-16(13)19)17(24)21-11-12-5-6-15(20-10-12)23-7-3-1-2-4-8-23/h5-6,9-10,22H,1-4,7-8,11H2,(H,21,24). The summed E-state index contributed by atoms with van der Waals surface area (Å²) in [5.41, 5.74) is 1.30. The maximum absolute atomic E-state index is 12.0. The Labute approximate surface area is 151 Å². The molecule has 24 heavy (non-hydrogen) atoms. The Kier molecular flexibility index (Phi) is 5.63. The molecule has 2 aromatic heterocycles. The molecule has 0 spiro atoms. The Morgan fingerprint density at radius 2 is 1.96 bits per heavy atom. The number of anilines is 1. The number of H-pyrrole nitrogens is 1. The van der Waals surface area contributed by atoms with Gasteiger partial charge >= 0.3 is 0 Å². The van der Waals surface area contributed by atoms with E-state index in [1.165, 1.54) is 31.7 Å². The van der Waals surface area contributed by atoms with Gasteiger partial charge in [0.15, 0.2) is 0 Å². The molecule has 0 aromatic carbocycles.